The van der Waals surface area contributed by atoms with E-state index in [2.05, 4.69) is 25.5 Å². The number of carbonyl (C=O) groups excluding carboxylic acids is 1. The van der Waals surface area contributed by atoms with Crippen LogP contribution in [0.15, 0.2) is 52.3 Å². The zero-order valence-electron chi connectivity index (χ0n) is 19.8. The van der Waals surface area contributed by atoms with Gasteiger partial charge in [-0.05, 0) is 60.8 Å². The monoisotopic (exact) mass is 490 g/mol. The first-order chi connectivity index (χ1) is 15.7. The van der Waals surface area contributed by atoms with Gasteiger partial charge in [0.15, 0.2) is 0 Å². The zero-order chi connectivity index (χ0) is 24.0. The highest BCUT2D eigenvalue weighted by Crippen LogP contribution is 2.28. The van der Waals surface area contributed by atoms with Crippen LogP contribution in [0.1, 0.15) is 55.5 Å². The lowest BCUT2D eigenvalue weighted by Gasteiger charge is -2.30. The largest absolute Gasteiger partial charge is 0.492 e. The average Bonchev–Trinajstić information content (AvgIpc) is 2.81. The highest BCUT2D eigenvalue weighted by Gasteiger charge is 2.25. The molecule has 0 aromatic heterocycles. The van der Waals surface area contributed by atoms with Crippen LogP contribution in [0.5, 0.6) is 5.75 Å². The highest BCUT2D eigenvalue weighted by molar-refractivity contribution is 7.98. The Morgan fingerprint density at radius 1 is 1.18 bits per heavy atom. The number of hydrogen-bond donors (Lipinski definition) is 1. The molecule has 0 saturated carbocycles. The number of benzene rings is 2. The number of amides is 1. The van der Waals surface area contributed by atoms with Gasteiger partial charge in [-0.15, -0.1) is 11.8 Å². The number of para-hydroxylation sites is 1. The van der Waals surface area contributed by atoms with Gasteiger partial charge in [-0.3, -0.25) is 4.79 Å². The molecule has 3 rings (SSSR count). The minimum absolute atomic E-state index is 0.0941. The van der Waals surface area contributed by atoms with Crippen LogP contribution in [0, 0.1) is 5.92 Å². The van der Waals surface area contributed by atoms with Crippen LogP contribution in [-0.4, -0.2) is 51.7 Å². The Labute approximate surface area is 202 Å². The second-order valence-corrected chi connectivity index (χ2v) is 11.4. The van der Waals surface area contributed by atoms with Gasteiger partial charge < -0.3 is 9.64 Å². The molecule has 1 aliphatic rings. The van der Waals surface area contributed by atoms with Crippen molar-refractivity contribution < 1.29 is 17.9 Å². The fourth-order valence-corrected chi connectivity index (χ4v) is 5.52. The summed E-state index contributed by atoms with van der Waals surface area (Å²) >= 11 is 1.45. The van der Waals surface area contributed by atoms with E-state index in [0.29, 0.717) is 30.5 Å². The average molecular weight is 491 g/mol. The third-order valence-corrected chi connectivity index (χ3v) is 8.23. The van der Waals surface area contributed by atoms with Crippen molar-refractivity contribution in [3.05, 3.63) is 53.6 Å². The van der Waals surface area contributed by atoms with Gasteiger partial charge >= 0.3 is 0 Å². The molecule has 0 unspecified atom stereocenters. The first-order valence-corrected chi connectivity index (χ1v) is 14.1. The van der Waals surface area contributed by atoms with Gasteiger partial charge in [0, 0.05) is 24.5 Å². The molecule has 0 atom stereocenters. The zero-order valence-corrected chi connectivity index (χ0v) is 21.5. The third-order valence-electron chi connectivity index (χ3n) is 5.98. The van der Waals surface area contributed by atoms with Crippen molar-refractivity contribution in [2.45, 2.75) is 49.3 Å². The molecule has 0 spiro atoms. The molecule has 0 bridgehead atoms. The number of thioether (sulfide) groups is 1. The summed E-state index contributed by atoms with van der Waals surface area (Å²) in [7, 11) is -3.77. The molecule has 2 aromatic rings. The lowest BCUT2D eigenvalue weighted by molar-refractivity contribution is 0.0693. The van der Waals surface area contributed by atoms with Crippen LogP contribution in [0.2, 0.25) is 0 Å². The quantitative estimate of drug-likeness (QED) is 0.405. The second-order valence-electron chi connectivity index (χ2n) is 8.78. The van der Waals surface area contributed by atoms with Gasteiger partial charge in [0.2, 0.25) is 10.0 Å². The number of nitrogens with one attached hydrogen (secondary N) is 1. The number of ether oxygens (including phenoxy) is 1. The van der Waals surface area contributed by atoms with E-state index in [9.17, 15) is 13.2 Å². The molecule has 1 fully saturated rings. The fourth-order valence-electron chi connectivity index (χ4n) is 3.91. The van der Waals surface area contributed by atoms with Crippen molar-refractivity contribution in [2.24, 2.45) is 5.92 Å². The number of carbonyl (C=O) groups is 1. The smallest absolute Gasteiger partial charge is 0.255 e. The summed E-state index contributed by atoms with van der Waals surface area (Å²) in [6.45, 7) is 8.13. The Morgan fingerprint density at radius 3 is 2.55 bits per heavy atom. The second kappa shape index (κ2) is 11.4. The molecule has 33 heavy (non-hydrogen) atoms. The predicted octanol–water partition coefficient (Wildman–Crippen LogP) is 4.76. The van der Waals surface area contributed by atoms with Crippen LogP contribution >= 0.6 is 11.8 Å². The van der Waals surface area contributed by atoms with Crippen molar-refractivity contribution in [1.82, 2.24) is 9.62 Å². The minimum atomic E-state index is -3.77. The summed E-state index contributed by atoms with van der Waals surface area (Å²) in [6, 6.07) is 12.5. The molecule has 0 radical (unpaired) electrons. The Balaban J connectivity index is 1.68. The molecule has 1 saturated heterocycles. The van der Waals surface area contributed by atoms with Gasteiger partial charge in [0.25, 0.3) is 5.91 Å². The van der Waals surface area contributed by atoms with Crippen molar-refractivity contribution in [3.8, 4) is 5.75 Å². The Hall–Kier alpha value is -2.03. The summed E-state index contributed by atoms with van der Waals surface area (Å²) in [5, 5.41) is 0. The maximum absolute atomic E-state index is 13.1. The van der Waals surface area contributed by atoms with E-state index in [-0.39, 0.29) is 24.0 Å². The van der Waals surface area contributed by atoms with E-state index in [1.165, 1.54) is 17.8 Å². The molecular weight excluding hydrogens is 456 g/mol. The van der Waals surface area contributed by atoms with E-state index in [1.54, 1.807) is 12.1 Å². The number of likely N-dealkylation sites (tertiary alicyclic amines) is 1. The molecule has 8 heteroatoms. The lowest BCUT2D eigenvalue weighted by Crippen LogP contribution is -2.38. The fraction of sp³-hybridized carbons (Fsp3) is 0.480. The van der Waals surface area contributed by atoms with Crippen LogP contribution < -0.4 is 9.46 Å². The van der Waals surface area contributed by atoms with Gasteiger partial charge in [-0.1, -0.05) is 39.0 Å². The van der Waals surface area contributed by atoms with E-state index in [1.807, 2.05) is 35.4 Å². The van der Waals surface area contributed by atoms with Crippen molar-refractivity contribution in [1.29, 1.82) is 0 Å². The Morgan fingerprint density at radius 2 is 1.88 bits per heavy atom. The van der Waals surface area contributed by atoms with Crippen LogP contribution in [0.3, 0.4) is 0 Å². The van der Waals surface area contributed by atoms with Crippen LogP contribution in [0.4, 0.5) is 0 Å². The van der Waals surface area contributed by atoms with E-state index >= 15 is 0 Å². The van der Waals surface area contributed by atoms with Gasteiger partial charge in [-0.2, -0.15) is 0 Å². The van der Waals surface area contributed by atoms with Gasteiger partial charge in [-0.25, -0.2) is 13.1 Å². The molecular formula is C25H34N2O4S2. The summed E-state index contributed by atoms with van der Waals surface area (Å²) in [5.41, 5.74) is 1.53. The molecule has 2 aromatic carbocycles. The van der Waals surface area contributed by atoms with Crippen LogP contribution in [-0.2, 0) is 10.0 Å². The number of nitrogens with zero attached hydrogens (tertiary/aromatic N) is 1. The molecule has 180 valence electrons. The maximum atomic E-state index is 13.1. The predicted molar refractivity (Wildman–Crippen MR) is 134 cm³/mol. The molecule has 1 amide bonds. The molecule has 1 N–H and O–H groups in total. The Kier molecular flexibility index (Phi) is 8.84. The minimum Gasteiger partial charge on any atom is -0.492 e. The standard InChI is InChI=1S/C25H34N2O4S2/c1-18(2)21-7-5-6-8-23(21)31-16-13-26-33(29,30)20-9-10-24(32-4)22(17-20)25(28)27-14-11-19(3)12-15-27/h5-10,17-19,26H,11-16H2,1-4H3. The summed E-state index contributed by atoms with van der Waals surface area (Å²) < 4.78 is 34.3. The number of sulfonamides is 1. The summed E-state index contributed by atoms with van der Waals surface area (Å²) in [4.78, 5) is 15.9. The first kappa shape index (κ1) is 25.6. The van der Waals surface area contributed by atoms with Gasteiger partial charge in [0.1, 0.15) is 12.4 Å². The number of hydrogen-bond acceptors (Lipinski definition) is 5. The molecule has 0 aliphatic carbocycles. The van der Waals surface area contributed by atoms with Crippen molar-refractivity contribution >= 4 is 27.7 Å². The normalized spacial score (nSPS) is 15.1. The first-order valence-electron chi connectivity index (χ1n) is 11.4. The molecule has 1 aliphatic heterocycles. The van der Waals surface area contributed by atoms with Crippen LogP contribution in [0.25, 0.3) is 0 Å². The number of rotatable bonds is 9. The lowest BCUT2D eigenvalue weighted by atomic mass is 9.98. The van der Waals surface area contributed by atoms with E-state index < -0.39 is 10.0 Å². The maximum Gasteiger partial charge on any atom is 0.255 e. The SMILES string of the molecule is CSc1ccc(S(=O)(=O)NCCOc2ccccc2C(C)C)cc1C(=O)N1CCC(C)CC1. The molecule has 6 nitrogen and oxygen atoms in total. The van der Waals surface area contributed by atoms with Crippen molar-refractivity contribution in [3.63, 3.8) is 0 Å². The summed E-state index contributed by atoms with van der Waals surface area (Å²) in [5.74, 6) is 1.59. The topological polar surface area (TPSA) is 75.7 Å². The Bertz CT molecular complexity index is 1060. The highest BCUT2D eigenvalue weighted by atomic mass is 32.2. The van der Waals surface area contributed by atoms with E-state index in [4.69, 9.17) is 4.74 Å². The molecule has 1 heterocycles. The van der Waals surface area contributed by atoms with Crippen molar-refractivity contribution in [2.75, 3.05) is 32.5 Å². The number of piperidine rings is 1. The summed E-state index contributed by atoms with van der Waals surface area (Å²) in [6.07, 6.45) is 3.84. The van der Waals surface area contributed by atoms with Gasteiger partial charge in [0.05, 0.1) is 10.5 Å². The van der Waals surface area contributed by atoms with E-state index in [0.717, 1.165) is 29.1 Å². The third kappa shape index (κ3) is 6.52.